The van der Waals surface area contributed by atoms with Gasteiger partial charge in [-0.3, -0.25) is 9.36 Å². The third kappa shape index (κ3) is 4.29. The van der Waals surface area contributed by atoms with Gasteiger partial charge in [0.25, 0.3) is 5.91 Å². The van der Waals surface area contributed by atoms with Crippen LogP contribution in [0.15, 0.2) is 77.0 Å². The van der Waals surface area contributed by atoms with Gasteiger partial charge in [-0.2, -0.15) is 9.78 Å². The highest BCUT2D eigenvalue weighted by Crippen LogP contribution is 2.33. The van der Waals surface area contributed by atoms with E-state index in [1.807, 2.05) is 29.8 Å². The van der Waals surface area contributed by atoms with Crippen LogP contribution in [0.3, 0.4) is 0 Å². The lowest BCUT2D eigenvalue weighted by Gasteiger charge is -2.14. The topological polar surface area (TPSA) is 74.3 Å². The zero-order chi connectivity index (χ0) is 26.4. The standard InChI is InChI=1S/C29H24ClN5O2S/c1-17-4-6-19(7-5-17)25-16-38-29-32-31-27(35(29)33-25)15-23-18(2)34(26-13-12-22(37-3)14-24(23)26)28(36)20-8-10-21(30)11-9-20/h4-14H,15-16H2,1-3H3. The summed E-state index contributed by atoms with van der Waals surface area (Å²) >= 11 is 7.68. The molecule has 0 spiro atoms. The molecule has 0 radical (unpaired) electrons. The number of thioether (sulfide) groups is 1. The number of ether oxygens (including phenoxy) is 1. The predicted octanol–water partition coefficient (Wildman–Crippen LogP) is 6.15. The summed E-state index contributed by atoms with van der Waals surface area (Å²) in [6.07, 6.45) is 0.453. The predicted molar refractivity (Wildman–Crippen MR) is 151 cm³/mol. The second-order valence-corrected chi connectivity index (χ2v) is 10.6. The van der Waals surface area contributed by atoms with Crippen LogP contribution in [0.1, 0.15) is 38.6 Å². The number of benzene rings is 3. The monoisotopic (exact) mass is 541 g/mol. The van der Waals surface area contributed by atoms with Crippen LogP contribution < -0.4 is 4.74 Å². The van der Waals surface area contributed by atoms with Gasteiger partial charge in [-0.25, -0.2) is 0 Å². The van der Waals surface area contributed by atoms with E-state index >= 15 is 0 Å². The van der Waals surface area contributed by atoms with Crippen LogP contribution >= 0.6 is 23.4 Å². The van der Waals surface area contributed by atoms with E-state index in [2.05, 4.69) is 41.4 Å². The van der Waals surface area contributed by atoms with Gasteiger partial charge in [-0.05, 0) is 67.4 Å². The molecule has 1 aliphatic rings. The minimum atomic E-state index is -0.126. The number of aromatic nitrogens is 4. The molecule has 0 saturated heterocycles. The molecule has 3 heterocycles. The van der Waals surface area contributed by atoms with Gasteiger partial charge < -0.3 is 4.74 Å². The third-order valence-electron chi connectivity index (χ3n) is 6.79. The van der Waals surface area contributed by atoms with E-state index in [0.29, 0.717) is 28.6 Å². The van der Waals surface area contributed by atoms with E-state index in [4.69, 9.17) is 21.4 Å². The highest BCUT2D eigenvalue weighted by Gasteiger charge is 2.25. The Morgan fingerprint density at radius 2 is 1.79 bits per heavy atom. The highest BCUT2D eigenvalue weighted by atomic mass is 35.5. The van der Waals surface area contributed by atoms with Crippen molar-refractivity contribution in [3.05, 3.63) is 106 Å². The van der Waals surface area contributed by atoms with Crippen LogP contribution in [0.4, 0.5) is 0 Å². The Bertz CT molecular complexity index is 1720. The number of rotatable bonds is 5. The van der Waals surface area contributed by atoms with Crippen LogP contribution in [0, 0.1) is 13.8 Å². The number of hydrogen-bond acceptors (Lipinski definition) is 6. The Morgan fingerprint density at radius 1 is 1.03 bits per heavy atom. The molecule has 9 heteroatoms. The van der Waals surface area contributed by atoms with Crippen LogP contribution in [0.5, 0.6) is 5.75 Å². The van der Waals surface area contributed by atoms with E-state index in [9.17, 15) is 4.79 Å². The number of nitrogens with zero attached hydrogens (tertiary/aromatic N) is 5. The molecule has 6 rings (SSSR count). The average molecular weight is 542 g/mol. The third-order valence-corrected chi connectivity index (χ3v) is 7.97. The summed E-state index contributed by atoms with van der Waals surface area (Å²) in [6.45, 7) is 4.03. The molecule has 0 fully saturated rings. The zero-order valence-corrected chi connectivity index (χ0v) is 22.7. The zero-order valence-electron chi connectivity index (χ0n) is 21.1. The molecule has 3 aromatic carbocycles. The summed E-state index contributed by atoms with van der Waals surface area (Å²) in [5.41, 5.74) is 6.42. The van der Waals surface area contributed by atoms with Crippen molar-refractivity contribution in [3.8, 4) is 5.75 Å². The Morgan fingerprint density at radius 3 is 2.53 bits per heavy atom. The summed E-state index contributed by atoms with van der Waals surface area (Å²) < 4.78 is 9.09. The van der Waals surface area contributed by atoms with Gasteiger partial charge in [-0.1, -0.05) is 53.2 Å². The summed E-state index contributed by atoms with van der Waals surface area (Å²) in [6, 6.07) is 21.1. The maximum absolute atomic E-state index is 13.6. The van der Waals surface area contributed by atoms with E-state index in [0.717, 1.165) is 44.3 Å². The first-order valence-electron chi connectivity index (χ1n) is 12.1. The molecule has 0 amide bonds. The minimum absolute atomic E-state index is 0.126. The van der Waals surface area contributed by atoms with E-state index in [1.54, 1.807) is 47.7 Å². The normalized spacial score (nSPS) is 12.9. The first kappa shape index (κ1) is 24.5. The molecule has 0 atom stereocenters. The van der Waals surface area contributed by atoms with E-state index in [-0.39, 0.29) is 5.91 Å². The van der Waals surface area contributed by atoms with Crippen molar-refractivity contribution < 1.29 is 9.53 Å². The summed E-state index contributed by atoms with van der Waals surface area (Å²) in [5, 5.41) is 16.1. The van der Waals surface area contributed by atoms with E-state index < -0.39 is 0 Å². The smallest absolute Gasteiger partial charge is 0.262 e. The van der Waals surface area contributed by atoms with Crippen molar-refractivity contribution in [2.24, 2.45) is 5.10 Å². The second-order valence-electron chi connectivity index (χ2n) is 9.18. The average Bonchev–Trinajstić information content (AvgIpc) is 3.46. The van der Waals surface area contributed by atoms with E-state index in [1.165, 1.54) is 5.56 Å². The molecule has 0 unspecified atom stereocenters. The molecule has 0 aliphatic carbocycles. The van der Waals surface area contributed by atoms with Gasteiger partial charge in [0.1, 0.15) is 5.75 Å². The van der Waals surface area contributed by atoms with Crippen LogP contribution in [-0.2, 0) is 6.42 Å². The van der Waals surface area contributed by atoms with Crippen molar-refractivity contribution in [2.45, 2.75) is 25.4 Å². The van der Waals surface area contributed by atoms with Gasteiger partial charge in [0.15, 0.2) is 5.82 Å². The number of hydrogen-bond donors (Lipinski definition) is 0. The Labute approximate surface area is 229 Å². The Hall–Kier alpha value is -3.88. The summed E-state index contributed by atoms with van der Waals surface area (Å²) in [5.74, 6) is 2.03. The lowest BCUT2D eigenvalue weighted by Crippen LogP contribution is -2.15. The number of aryl methyl sites for hydroxylation is 1. The maximum Gasteiger partial charge on any atom is 0.262 e. The molecule has 7 nitrogen and oxygen atoms in total. The first-order chi connectivity index (χ1) is 18.4. The summed E-state index contributed by atoms with van der Waals surface area (Å²) in [4.78, 5) is 13.6. The molecular weight excluding hydrogens is 518 g/mol. The number of halogens is 1. The van der Waals surface area contributed by atoms with Crippen molar-refractivity contribution in [3.63, 3.8) is 0 Å². The fraction of sp³-hybridized carbons (Fsp3) is 0.172. The maximum atomic E-state index is 13.6. The quantitative estimate of drug-likeness (QED) is 0.267. The molecule has 0 N–H and O–H groups in total. The van der Waals surface area contributed by atoms with Crippen molar-refractivity contribution in [1.29, 1.82) is 0 Å². The van der Waals surface area contributed by atoms with Crippen LogP contribution in [0.2, 0.25) is 5.02 Å². The van der Waals surface area contributed by atoms with Crippen molar-refractivity contribution >= 4 is 45.9 Å². The SMILES string of the molecule is COc1ccc2c(c1)c(Cc1nnc3n1N=C(c1ccc(C)cc1)CS3)c(C)n2C(=O)c1ccc(Cl)cc1. The first-order valence-corrected chi connectivity index (χ1v) is 13.5. The molecule has 0 bridgehead atoms. The minimum Gasteiger partial charge on any atom is -0.497 e. The van der Waals surface area contributed by atoms with Crippen molar-refractivity contribution in [1.82, 2.24) is 19.4 Å². The molecule has 2 aromatic heterocycles. The molecule has 0 saturated carbocycles. The van der Waals surface area contributed by atoms with Crippen LogP contribution in [0.25, 0.3) is 10.9 Å². The molecule has 5 aromatic rings. The number of fused-ring (bicyclic) bond motifs is 2. The molecule has 38 heavy (non-hydrogen) atoms. The summed E-state index contributed by atoms with van der Waals surface area (Å²) in [7, 11) is 1.64. The number of carbonyl (C=O) groups is 1. The molecule has 1 aliphatic heterocycles. The fourth-order valence-corrected chi connectivity index (χ4v) is 5.70. The lowest BCUT2D eigenvalue weighted by molar-refractivity contribution is 0.0963. The van der Waals surface area contributed by atoms with Gasteiger partial charge in [0.05, 0.1) is 18.3 Å². The van der Waals surface area contributed by atoms with Crippen LogP contribution in [-0.4, -0.2) is 43.9 Å². The molecule has 190 valence electrons. The number of methoxy groups -OCH3 is 1. The lowest BCUT2D eigenvalue weighted by atomic mass is 10.1. The van der Waals surface area contributed by atoms with Gasteiger partial charge >= 0.3 is 0 Å². The van der Waals surface area contributed by atoms with Gasteiger partial charge in [-0.15, -0.1) is 10.2 Å². The second kappa shape index (κ2) is 9.78. The van der Waals surface area contributed by atoms with Gasteiger partial charge in [0.2, 0.25) is 5.16 Å². The fourth-order valence-electron chi connectivity index (χ4n) is 4.72. The number of carbonyl (C=O) groups excluding carboxylic acids is 1. The Kier molecular flexibility index (Phi) is 6.29. The van der Waals surface area contributed by atoms with Crippen molar-refractivity contribution in [2.75, 3.05) is 12.9 Å². The Balaban J connectivity index is 1.45. The largest absolute Gasteiger partial charge is 0.497 e. The molecular formula is C29H24ClN5O2S. The van der Waals surface area contributed by atoms with Gasteiger partial charge in [0, 0.05) is 33.8 Å². The highest BCUT2D eigenvalue weighted by molar-refractivity contribution is 7.99.